The average Bonchev–Trinajstić information content (AvgIpc) is 2.85. The molecule has 2 bridgehead atoms. The third-order valence-corrected chi connectivity index (χ3v) is 10.0. The number of nitrogens with one attached hydrogen (secondary N) is 1. The van der Waals surface area contributed by atoms with Crippen molar-refractivity contribution < 1.29 is 14.1 Å². The smallest absolute Gasteiger partial charge is 0.344 e. The van der Waals surface area contributed by atoms with Crippen LogP contribution in [0.5, 0.6) is 0 Å². The van der Waals surface area contributed by atoms with Crippen molar-refractivity contribution in [2.75, 3.05) is 6.54 Å². The van der Waals surface area contributed by atoms with E-state index in [0.717, 1.165) is 5.57 Å². The first-order chi connectivity index (χ1) is 13.0. The van der Waals surface area contributed by atoms with Crippen LogP contribution in [-0.2, 0) is 15.9 Å². The van der Waals surface area contributed by atoms with Gasteiger partial charge >= 0.3 is 6.03 Å². The molecule has 1 saturated heterocycles. The van der Waals surface area contributed by atoms with Gasteiger partial charge in [0.15, 0.2) is 0 Å². The molecule has 8 nitrogen and oxygen atoms in total. The number of nitrogens with zero attached hydrogens (tertiary/aromatic N) is 4. The summed E-state index contributed by atoms with van der Waals surface area (Å²) in [6, 6.07) is -1.04. The van der Waals surface area contributed by atoms with Gasteiger partial charge in [-0.1, -0.05) is 26.8 Å². The van der Waals surface area contributed by atoms with E-state index < -0.39 is 14.4 Å². The second kappa shape index (κ2) is 7.29. The van der Waals surface area contributed by atoms with Gasteiger partial charge in [0.05, 0.1) is 31.0 Å². The zero-order valence-corrected chi connectivity index (χ0v) is 18.4. The highest BCUT2D eigenvalue weighted by Gasteiger charge is 2.50. The first-order valence-corrected chi connectivity index (χ1v) is 12.4. The lowest BCUT2D eigenvalue weighted by Gasteiger charge is -2.39. The van der Waals surface area contributed by atoms with Gasteiger partial charge in [-0.2, -0.15) is 0 Å². The molecule has 0 aromatic carbocycles. The maximum absolute atomic E-state index is 13.0. The molecule has 3 rings (SSSR count). The van der Waals surface area contributed by atoms with Crippen LogP contribution in [-0.4, -0.2) is 58.8 Å². The fourth-order valence-electron chi connectivity index (χ4n) is 3.13. The van der Waals surface area contributed by atoms with Crippen molar-refractivity contribution in [3.05, 3.63) is 35.9 Å². The molecule has 1 fully saturated rings. The Kier molecular flexibility index (Phi) is 5.33. The van der Waals surface area contributed by atoms with Crippen molar-refractivity contribution in [1.29, 1.82) is 0 Å². The number of amides is 3. The summed E-state index contributed by atoms with van der Waals surface area (Å²) in [6.45, 7) is 13.2. The Labute approximate surface area is 167 Å². The summed E-state index contributed by atoms with van der Waals surface area (Å²) < 4.78 is 6.28. The topological polar surface area (TPSA) is 87.7 Å². The number of fused-ring (bicyclic) bond motifs is 2. The predicted molar refractivity (Wildman–Crippen MR) is 107 cm³/mol. The van der Waals surface area contributed by atoms with Crippen LogP contribution in [0.4, 0.5) is 4.79 Å². The van der Waals surface area contributed by atoms with Crippen LogP contribution in [0.1, 0.15) is 33.4 Å². The molecule has 0 spiro atoms. The Bertz CT molecular complexity index is 791. The number of rotatable bonds is 5. The molecule has 2 aliphatic rings. The monoisotopic (exact) mass is 403 g/mol. The van der Waals surface area contributed by atoms with E-state index in [4.69, 9.17) is 4.53 Å². The van der Waals surface area contributed by atoms with Crippen molar-refractivity contribution in [2.45, 2.75) is 64.5 Å². The summed E-state index contributed by atoms with van der Waals surface area (Å²) in [6.07, 6.45) is 6.74. The molecule has 1 aromatic rings. The lowest BCUT2D eigenvalue weighted by Crippen LogP contribution is -2.51. The third kappa shape index (κ3) is 3.81. The minimum Gasteiger partial charge on any atom is -0.348 e. The minimum absolute atomic E-state index is 0.0223. The van der Waals surface area contributed by atoms with Gasteiger partial charge in [0.2, 0.25) is 14.2 Å². The first-order valence-electron chi connectivity index (χ1n) is 9.51. The van der Waals surface area contributed by atoms with Crippen LogP contribution >= 0.6 is 0 Å². The highest BCUT2D eigenvalue weighted by molar-refractivity contribution is 6.74. The number of hydroxylamine groups is 2. The highest BCUT2D eigenvalue weighted by Crippen LogP contribution is 2.39. The van der Waals surface area contributed by atoms with Gasteiger partial charge in [-0.25, -0.2) is 9.86 Å². The minimum atomic E-state index is -2.17. The second-order valence-corrected chi connectivity index (χ2v) is 13.6. The van der Waals surface area contributed by atoms with Crippen molar-refractivity contribution in [2.24, 2.45) is 0 Å². The standard InChI is InChI=1S/C19H29N5O3Si/c1-13-9-15-12-23(18(26)24(15)27-28(5,6)19(2,3)4)16(13)17(25)22-11-14-10-20-7-8-21-14/h7-10,15-16H,11-12H2,1-6H3,(H,22,25)/t15-,16+/m1/s1. The van der Waals surface area contributed by atoms with Crippen LogP contribution in [0, 0.1) is 0 Å². The molecular weight excluding hydrogens is 374 g/mol. The lowest BCUT2D eigenvalue weighted by atomic mass is 10.00. The van der Waals surface area contributed by atoms with Gasteiger partial charge < -0.3 is 14.7 Å². The van der Waals surface area contributed by atoms with E-state index >= 15 is 0 Å². The summed E-state index contributed by atoms with van der Waals surface area (Å²) >= 11 is 0. The second-order valence-electron chi connectivity index (χ2n) is 8.91. The van der Waals surface area contributed by atoms with Crippen LogP contribution in [0.3, 0.4) is 0 Å². The Balaban J connectivity index is 1.73. The molecule has 152 valence electrons. The van der Waals surface area contributed by atoms with Crippen LogP contribution in [0.25, 0.3) is 0 Å². The first kappa shape index (κ1) is 20.5. The van der Waals surface area contributed by atoms with Gasteiger partial charge in [0.1, 0.15) is 6.04 Å². The van der Waals surface area contributed by atoms with Gasteiger partial charge in [-0.05, 0) is 30.6 Å². The average molecular weight is 404 g/mol. The summed E-state index contributed by atoms with van der Waals surface area (Å²) in [4.78, 5) is 35.6. The van der Waals surface area contributed by atoms with E-state index in [1.54, 1.807) is 23.5 Å². The predicted octanol–water partition coefficient (Wildman–Crippen LogP) is 2.46. The zero-order chi connectivity index (χ0) is 20.7. The maximum atomic E-state index is 13.0. The quantitative estimate of drug-likeness (QED) is 0.603. The van der Waals surface area contributed by atoms with Crippen LogP contribution in [0.2, 0.25) is 18.1 Å². The van der Waals surface area contributed by atoms with Crippen molar-refractivity contribution in [3.63, 3.8) is 0 Å². The zero-order valence-electron chi connectivity index (χ0n) is 17.4. The van der Waals surface area contributed by atoms with Gasteiger partial charge in [0.25, 0.3) is 0 Å². The van der Waals surface area contributed by atoms with Gasteiger partial charge in [0, 0.05) is 12.4 Å². The van der Waals surface area contributed by atoms with E-state index in [9.17, 15) is 9.59 Å². The number of carbonyl (C=O) groups excluding carboxylic acids is 2. The molecule has 0 radical (unpaired) electrons. The lowest BCUT2D eigenvalue weighted by molar-refractivity contribution is -0.124. The molecule has 0 aliphatic carbocycles. The van der Waals surface area contributed by atoms with E-state index in [0.29, 0.717) is 12.2 Å². The normalized spacial score (nSPS) is 22.4. The Morgan fingerprint density at radius 2 is 2.07 bits per heavy atom. The fourth-order valence-corrected chi connectivity index (χ4v) is 4.11. The van der Waals surface area contributed by atoms with Crippen LogP contribution in [0.15, 0.2) is 30.2 Å². The molecule has 3 heterocycles. The summed E-state index contributed by atoms with van der Waals surface area (Å²) in [5, 5.41) is 4.32. The summed E-state index contributed by atoms with van der Waals surface area (Å²) in [5.41, 5.74) is 1.52. The number of urea groups is 1. The SMILES string of the molecule is CC1=C[C@@H]2CN(C(=O)N2O[Si](C)(C)C(C)(C)C)[C@@H]1C(=O)NCc1cnccn1. The molecule has 2 atom stereocenters. The van der Waals surface area contributed by atoms with Gasteiger partial charge in [-0.15, -0.1) is 0 Å². The number of hydrogen-bond donors (Lipinski definition) is 1. The molecule has 9 heteroatoms. The fraction of sp³-hybridized carbons (Fsp3) is 0.579. The molecule has 2 aliphatic heterocycles. The molecule has 28 heavy (non-hydrogen) atoms. The third-order valence-electron chi connectivity index (χ3n) is 5.76. The van der Waals surface area contributed by atoms with E-state index in [1.807, 2.05) is 13.0 Å². The van der Waals surface area contributed by atoms with Gasteiger partial charge in [-0.3, -0.25) is 14.8 Å². The molecule has 3 amide bonds. The molecule has 1 aromatic heterocycles. The number of carbonyl (C=O) groups is 2. The molecule has 0 unspecified atom stereocenters. The maximum Gasteiger partial charge on any atom is 0.344 e. The van der Waals surface area contributed by atoms with Crippen molar-refractivity contribution in [1.82, 2.24) is 25.2 Å². The number of hydrogen-bond acceptors (Lipinski definition) is 5. The van der Waals surface area contributed by atoms with Crippen molar-refractivity contribution in [3.8, 4) is 0 Å². The van der Waals surface area contributed by atoms with E-state index in [-0.39, 0.29) is 29.6 Å². The Morgan fingerprint density at radius 3 is 2.68 bits per heavy atom. The number of aromatic nitrogens is 2. The van der Waals surface area contributed by atoms with Crippen molar-refractivity contribution >= 4 is 20.3 Å². The highest BCUT2D eigenvalue weighted by atomic mass is 28.4. The molecule has 0 saturated carbocycles. The van der Waals surface area contributed by atoms with E-state index in [1.165, 1.54) is 5.06 Å². The molecular formula is C19H29N5O3Si. The molecule has 1 N–H and O–H groups in total. The Morgan fingerprint density at radius 1 is 1.36 bits per heavy atom. The van der Waals surface area contributed by atoms with Crippen LogP contribution < -0.4 is 5.32 Å². The Hall–Kier alpha value is -2.26. The largest absolute Gasteiger partial charge is 0.348 e. The summed E-state index contributed by atoms with van der Waals surface area (Å²) in [7, 11) is -2.17. The summed E-state index contributed by atoms with van der Waals surface area (Å²) in [5.74, 6) is -0.222. The van der Waals surface area contributed by atoms with E-state index in [2.05, 4.69) is 49.1 Å².